The number of nitrogens with two attached hydrogens (primary N) is 1. The Balaban J connectivity index is 2.23. The van der Waals surface area contributed by atoms with Crippen molar-refractivity contribution in [2.45, 2.75) is 13.5 Å². The molecule has 16 heavy (non-hydrogen) atoms. The fourth-order valence-electron chi connectivity index (χ4n) is 1.39. The van der Waals surface area contributed by atoms with E-state index in [1.165, 1.54) is 0 Å². The number of rotatable bonds is 3. The van der Waals surface area contributed by atoms with E-state index in [0.29, 0.717) is 6.54 Å². The van der Waals surface area contributed by atoms with Crippen molar-refractivity contribution in [2.24, 2.45) is 5.73 Å². The highest BCUT2D eigenvalue weighted by atomic mass is 32.1. The van der Waals surface area contributed by atoms with Crippen LogP contribution in [-0.4, -0.2) is 17.2 Å². The smallest absolute Gasteiger partial charge is 0.212 e. The lowest BCUT2D eigenvalue weighted by Gasteiger charge is -2.15. The van der Waals surface area contributed by atoms with Crippen molar-refractivity contribution < 1.29 is 0 Å². The van der Waals surface area contributed by atoms with Crippen LogP contribution >= 0.6 is 11.3 Å². The lowest BCUT2D eigenvalue weighted by molar-refractivity contribution is 1.01. The minimum Gasteiger partial charge on any atom is -0.326 e. The van der Waals surface area contributed by atoms with E-state index < -0.39 is 0 Å². The van der Waals surface area contributed by atoms with Gasteiger partial charge in [0.15, 0.2) is 0 Å². The first-order valence-electron chi connectivity index (χ1n) is 5.03. The first kappa shape index (κ1) is 11.0. The van der Waals surface area contributed by atoms with E-state index in [-0.39, 0.29) is 0 Å². The summed E-state index contributed by atoms with van der Waals surface area (Å²) in [6.07, 6.45) is 0. The van der Waals surface area contributed by atoms with Gasteiger partial charge in [0.1, 0.15) is 5.01 Å². The van der Waals surface area contributed by atoms with E-state index in [2.05, 4.69) is 10.2 Å². The molecule has 0 radical (unpaired) electrons. The molecule has 0 fully saturated rings. The van der Waals surface area contributed by atoms with Crippen LogP contribution in [0.25, 0.3) is 0 Å². The second-order valence-electron chi connectivity index (χ2n) is 3.53. The molecule has 2 N–H and O–H groups in total. The summed E-state index contributed by atoms with van der Waals surface area (Å²) >= 11 is 1.58. The van der Waals surface area contributed by atoms with E-state index in [0.717, 1.165) is 21.4 Å². The van der Waals surface area contributed by atoms with Gasteiger partial charge in [-0.15, -0.1) is 10.2 Å². The maximum absolute atomic E-state index is 5.56. The summed E-state index contributed by atoms with van der Waals surface area (Å²) in [5, 5.41) is 9.98. The van der Waals surface area contributed by atoms with Crippen LogP contribution in [-0.2, 0) is 6.54 Å². The van der Waals surface area contributed by atoms with Crippen molar-refractivity contribution in [3.05, 3.63) is 34.8 Å². The monoisotopic (exact) mass is 234 g/mol. The second kappa shape index (κ2) is 4.59. The van der Waals surface area contributed by atoms with Crippen LogP contribution in [0, 0.1) is 6.92 Å². The van der Waals surface area contributed by atoms with Crippen LogP contribution < -0.4 is 10.6 Å². The number of nitrogens with zero attached hydrogens (tertiary/aromatic N) is 3. The van der Waals surface area contributed by atoms with Crippen molar-refractivity contribution in [3.8, 4) is 0 Å². The van der Waals surface area contributed by atoms with Crippen LogP contribution in [0.1, 0.15) is 10.6 Å². The van der Waals surface area contributed by atoms with Crippen LogP contribution in [0.3, 0.4) is 0 Å². The maximum Gasteiger partial charge on any atom is 0.212 e. The molecule has 1 aromatic heterocycles. The Kier molecular flexibility index (Phi) is 3.17. The highest BCUT2D eigenvalue weighted by Crippen LogP contribution is 2.26. The van der Waals surface area contributed by atoms with Gasteiger partial charge < -0.3 is 10.6 Å². The SMILES string of the molecule is Cc1nnc(N(C)c2ccc(CN)cc2)s1. The third kappa shape index (κ3) is 2.20. The number of aryl methyl sites for hydroxylation is 1. The quantitative estimate of drug-likeness (QED) is 0.883. The Labute approximate surface area is 98.7 Å². The summed E-state index contributed by atoms with van der Waals surface area (Å²) in [4.78, 5) is 2.02. The molecule has 0 saturated heterocycles. The molecule has 5 heteroatoms. The zero-order valence-corrected chi connectivity index (χ0v) is 10.2. The first-order chi connectivity index (χ1) is 7.70. The van der Waals surface area contributed by atoms with E-state index >= 15 is 0 Å². The molecule has 4 nitrogen and oxygen atoms in total. The Morgan fingerprint density at radius 1 is 1.25 bits per heavy atom. The van der Waals surface area contributed by atoms with Gasteiger partial charge in [-0.05, 0) is 24.6 Å². The van der Waals surface area contributed by atoms with Crippen molar-refractivity contribution in [1.29, 1.82) is 0 Å². The largest absolute Gasteiger partial charge is 0.326 e. The molecule has 0 atom stereocenters. The Morgan fingerprint density at radius 2 is 1.94 bits per heavy atom. The third-order valence-corrected chi connectivity index (χ3v) is 3.28. The molecule has 1 heterocycles. The van der Waals surface area contributed by atoms with E-state index in [1.807, 2.05) is 43.1 Å². The molecule has 84 valence electrons. The van der Waals surface area contributed by atoms with Crippen molar-refractivity contribution in [3.63, 3.8) is 0 Å². The average Bonchev–Trinajstić information content (AvgIpc) is 2.75. The van der Waals surface area contributed by atoms with Crippen molar-refractivity contribution in [1.82, 2.24) is 10.2 Å². The normalized spacial score (nSPS) is 10.4. The fraction of sp³-hybridized carbons (Fsp3) is 0.273. The van der Waals surface area contributed by atoms with Gasteiger partial charge in [-0.1, -0.05) is 23.5 Å². The zero-order valence-electron chi connectivity index (χ0n) is 9.34. The number of anilines is 2. The highest BCUT2D eigenvalue weighted by Gasteiger charge is 2.08. The lowest BCUT2D eigenvalue weighted by Crippen LogP contribution is -2.09. The molecule has 0 amide bonds. The van der Waals surface area contributed by atoms with Crippen LogP contribution in [0.5, 0.6) is 0 Å². The lowest BCUT2D eigenvalue weighted by atomic mass is 10.2. The van der Waals surface area contributed by atoms with Crippen molar-refractivity contribution in [2.75, 3.05) is 11.9 Å². The Hall–Kier alpha value is -1.46. The number of aromatic nitrogens is 2. The number of hydrogen-bond acceptors (Lipinski definition) is 5. The van der Waals surface area contributed by atoms with Gasteiger partial charge in [0.05, 0.1) is 0 Å². The summed E-state index contributed by atoms with van der Waals surface area (Å²) < 4.78 is 0. The molecule has 2 rings (SSSR count). The molecule has 0 aliphatic carbocycles. The predicted octanol–water partition coefficient (Wildman–Crippen LogP) is 2.07. The summed E-state index contributed by atoms with van der Waals surface area (Å²) in [6.45, 7) is 2.52. The summed E-state index contributed by atoms with van der Waals surface area (Å²) in [6, 6.07) is 8.14. The molecular formula is C11H14N4S. The van der Waals surface area contributed by atoms with Gasteiger partial charge in [-0.3, -0.25) is 0 Å². The Morgan fingerprint density at radius 3 is 2.44 bits per heavy atom. The molecule has 0 spiro atoms. The zero-order chi connectivity index (χ0) is 11.5. The average molecular weight is 234 g/mol. The molecule has 2 aromatic rings. The van der Waals surface area contributed by atoms with Gasteiger partial charge in [-0.2, -0.15) is 0 Å². The molecule has 1 aromatic carbocycles. The summed E-state index contributed by atoms with van der Waals surface area (Å²) in [7, 11) is 1.98. The maximum atomic E-state index is 5.56. The molecule has 0 aliphatic rings. The molecule has 0 unspecified atom stereocenters. The van der Waals surface area contributed by atoms with Gasteiger partial charge in [0.2, 0.25) is 5.13 Å². The standard InChI is InChI=1S/C11H14N4S/c1-8-13-14-11(16-8)15(2)10-5-3-9(7-12)4-6-10/h3-6H,7,12H2,1-2H3. The van der Waals surface area contributed by atoms with Crippen LogP contribution in [0.2, 0.25) is 0 Å². The van der Waals surface area contributed by atoms with Gasteiger partial charge >= 0.3 is 0 Å². The predicted molar refractivity (Wildman–Crippen MR) is 67.0 cm³/mol. The van der Waals surface area contributed by atoms with Crippen LogP contribution in [0.15, 0.2) is 24.3 Å². The molecule has 0 saturated carbocycles. The molecule has 0 aliphatic heterocycles. The number of benzene rings is 1. The van der Waals surface area contributed by atoms with Gasteiger partial charge in [0.25, 0.3) is 0 Å². The van der Waals surface area contributed by atoms with Crippen molar-refractivity contribution >= 4 is 22.2 Å². The minimum atomic E-state index is 0.571. The number of hydrogen-bond donors (Lipinski definition) is 1. The highest BCUT2D eigenvalue weighted by molar-refractivity contribution is 7.15. The molecular weight excluding hydrogens is 220 g/mol. The third-order valence-electron chi connectivity index (χ3n) is 2.36. The van der Waals surface area contributed by atoms with E-state index in [9.17, 15) is 0 Å². The van der Waals surface area contributed by atoms with E-state index in [4.69, 9.17) is 5.73 Å². The summed E-state index contributed by atoms with van der Waals surface area (Å²) in [5.74, 6) is 0. The van der Waals surface area contributed by atoms with Gasteiger partial charge in [0, 0.05) is 19.3 Å². The second-order valence-corrected chi connectivity index (χ2v) is 4.69. The van der Waals surface area contributed by atoms with Gasteiger partial charge in [-0.25, -0.2) is 0 Å². The minimum absolute atomic E-state index is 0.571. The van der Waals surface area contributed by atoms with Crippen LogP contribution in [0.4, 0.5) is 10.8 Å². The molecule has 0 bridgehead atoms. The fourth-order valence-corrected chi connectivity index (χ4v) is 2.06. The van der Waals surface area contributed by atoms with E-state index in [1.54, 1.807) is 11.3 Å². The summed E-state index contributed by atoms with van der Waals surface area (Å²) in [5.41, 5.74) is 7.78. The topological polar surface area (TPSA) is 55.0 Å². The first-order valence-corrected chi connectivity index (χ1v) is 5.85. The Bertz CT molecular complexity index is 463.